The van der Waals surface area contributed by atoms with Gasteiger partial charge in [0.05, 0.1) is 69.8 Å². The fourth-order valence-corrected chi connectivity index (χ4v) is 10.6. The first-order valence-corrected chi connectivity index (χ1v) is 13.7. The van der Waals surface area contributed by atoms with Crippen molar-refractivity contribution in [2.24, 2.45) is 0 Å². The van der Waals surface area contributed by atoms with Crippen molar-refractivity contribution in [2.45, 2.75) is 0 Å². The summed E-state index contributed by atoms with van der Waals surface area (Å²) < 4.78 is 21.7. The number of rotatable bonds is 2. The standard InChI is InChI=1S/C16H22O5S6/c17-9-11-12(10-18)25-15(24-11)16-26-13-14(27-16)23-8-6-21-4-2-19-1-3-20-5-7-22-13/h17-18H,1-10H2. The van der Waals surface area contributed by atoms with E-state index >= 15 is 0 Å². The van der Waals surface area contributed by atoms with Gasteiger partial charge in [0, 0.05) is 21.3 Å². The van der Waals surface area contributed by atoms with Crippen LogP contribution in [0.1, 0.15) is 0 Å². The van der Waals surface area contributed by atoms with Gasteiger partial charge in [0.25, 0.3) is 0 Å². The first-order chi connectivity index (χ1) is 13.3. The fourth-order valence-electron chi connectivity index (χ4n) is 2.14. The van der Waals surface area contributed by atoms with E-state index in [1.165, 1.54) is 12.7 Å². The van der Waals surface area contributed by atoms with Gasteiger partial charge in [0.2, 0.25) is 0 Å². The van der Waals surface area contributed by atoms with Gasteiger partial charge in [-0.2, -0.15) is 0 Å². The zero-order valence-corrected chi connectivity index (χ0v) is 19.5. The quantitative estimate of drug-likeness (QED) is 0.597. The van der Waals surface area contributed by atoms with Gasteiger partial charge in [-0.3, -0.25) is 0 Å². The van der Waals surface area contributed by atoms with Crippen LogP contribution in [0.5, 0.6) is 0 Å². The van der Waals surface area contributed by atoms with Gasteiger partial charge in [-0.05, 0) is 0 Å². The molecule has 0 fully saturated rings. The largest absolute Gasteiger partial charge is 0.391 e. The summed E-state index contributed by atoms with van der Waals surface area (Å²) in [5.41, 5.74) is 0. The normalized spacial score (nSPS) is 24.2. The summed E-state index contributed by atoms with van der Waals surface area (Å²) in [4.78, 5) is 1.72. The van der Waals surface area contributed by atoms with Crippen LogP contribution >= 0.6 is 70.6 Å². The lowest BCUT2D eigenvalue weighted by Gasteiger charge is -2.06. The predicted molar refractivity (Wildman–Crippen MR) is 123 cm³/mol. The number of hydrogen-bond donors (Lipinski definition) is 2. The molecule has 0 unspecified atom stereocenters. The molecule has 0 saturated heterocycles. The number of aliphatic hydroxyl groups excluding tert-OH is 2. The monoisotopic (exact) mass is 486 g/mol. The van der Waals surface area contributed by atoms with Gasteiger partial charge >= 0.3 is 0 Å². The molecule has 0 aliphatic carbocycles. The molecule has 0 aromatic heterocycles. The molecule has 0 aromatic rings. The van der Waals surface area contributed by atoms with E-state index < -0.39 is 0 Å². The van der Waals surface area contributed by atoms with Gasteiger partial charge in [-0.15, -0.1) is 23.5 Å². The van der Waals surface area contributed by atoms with Crippen LogP contribution in [-0.4, -0.2) is 74.6 Å². The smallest absolute Gasteiger partial charge is 0.0753 e. The molecule has 0 atom stereocenters. The molecule has 27 heavy (non-hydrogen) atoms. The first-order valence-electron chi connectivity index (χ1n) is 8.44. The molecule has 5 nitrogen and oxygen atoms in total. The van der Waals surface area contributed by atoms with Gasteiger partial charge in [0.15, 0.2) is 0 Å². The van der Waals surface area contributed by atoms with E-state index in [0.29, 0.717) is 39.6 Å². The Balaban J connectivity index is 1.62. The van der Waals surface area contributed by atoms with E-state index in [4.69, 9.17) is 14.2 Å². The molecule has 0 spiro atoms. The molecule has 0 aromatic carbocycles. The zero-order chi connectivity index (χ0) is 18.9. The van der Waals surface area contributed by atoms with Crippen LogP contribution in [0.15, 0.2) is 26.8 Å². The van der Waals surface area contributed by atoms with Crippen molar-refractivity contribution in [3.63, 3.8) is 0 Å². The second-order valence-electron chi connectivity index (χ2n) is 5.25. The zero-order valence-electron chi connectivity index (χ0n) is 14.6. The van der Waals surface area contributed by atoms with Crippen LogP contribution in [0.4, 0.5) is 0 Å². The molecular formula is C16H22O5S6. The molecule has 11 heteroatoms. The van der Waals surface area contributed by atoms with Crippen LogP contribution in [0.2, 0.25) is 0 Å². The molecule has 0 radical (unpaired) electrons. The lowest BCUT2D eigenvalue weighted by atomic mass is 10.5. The fraction of sp³-hybridized carbons (Fsp3) is 0.625. The van der Waals surface area contributed by atoms with Crippen molar-refractivity contribution in [3.05, 3.63) is 26.8 Å². The number of thioether (sulfide) groups is 6. The molecule has 3 aliphatic rings. The van der Waals surface area contributed by atoms with Gasteiger partial charge in [0.1, 0.15) is 0 Å². The minimum absolute atomic E-state index is 0.0191. The van der Waals surface area contributed by atoms with Crippen molar-refractivity contribution >= 4 is 70.6 Å². The molecule has 2 N–H and O–H groups in total. The second-order valence-corrected chi connectivity index (χ2v) is 12.8. The van der Waals surface area contributed by atoms with Crippen molar-refractivity contribution in [2.75, 3.05) is 64.4 Å². The maximum atomic E-state index is 9.50. The highest BCUT2D eigenvalue weighted by Crippen LogP contribution is 2.63. The number of hydrogen-bond acceptors (Lipinski definition) is 11. The van der Waals surface area contributed by atoms with Crippen LogP contribution in [-0.2, 0) is 14.2 Å². The van der Waals surface area contributed by atoms with E-state index in [1.54, 1.807) is 47.0 Å². The van der Waals surface area contributed by atoms with Crippen LogP contribution < -0.4 is 0 Å². The molecule has 152 valence electrons. The van der Waals surface area contributed by atoms with E-state index in [9.17, 15) is 10.2 Å². The van der Waals surface area contributed by atoms with E-state index in [-0.39, 0.29) is 13.2 Å². The van der Waals surface area contributed by atoms with Crippen molar-refractivity contribution < 1.29 is 24.4 Å². The summed E-state index contributed by atoms with van der Waals surface area (Å²) in [5, 5.41) is 19.0. The minimum atomic E-state index is -0.0191. The van der Waals surface area contributed by atoms with E-state index in [2.05, 4.69) is 0 Å². The molecule has 3 aliphatic heterocycles. The second kappa shape index (κ2) is 12.7. The molecular weight excluding hydrogens is 465 g/mol. The Kier molecular flexibility index (Phi) is 10.8. The SMILES string of the molecule is OCC1=C(CO)SC(=C2SC3=C(SCCOCCOCCOCCS3)S2)S1. The summed E-state index contributed by atoms with van der Waals surface area (Å²) >= 11 is 10.4. The summed E-state index contributed by atoms with van der Waals surface area (Å²) in [6.45, 7) is 3.83. The third-order valence-electron chi connectivity index (χ3n) is 3.40. The maximum absolute atomic E-state index is 9.50. The third-order valence-corrected chi connectivity index (χ3v) is 12.0. The van der Waals surface area contributed by atoms with Gasteiger partial charge in [-0.25, -0.2) is 0 Å². The summed E-state index contributed by atoms with van der Waals surface area (Å²) in [5.74, 6) is 1.82. The molecule has 3 heterocycles. The first kappa shape index (κ1) is 22.8. The van der Waals surface area contributed by atoms with Gasteiger partial charge < -0.3 is 24.4 Å². The Morgan fingerprint density at radius 2 is 0.963 bits per heavy atom. The highest BCUT2D eigenvalue weighted by Gasteiger charge is 2.29. The topological polar surface area (TPSA) is 68.2 Å². The molecule has 3 rings (SSSR count). The number of aliphatic hydroxyl groups is 2. The van der Waals surface area contributed by atoms with Crippen molar-refractivity contribution in [3.8, 4) is 0 Å². The van der Waals surface area contributed by atoms with Crippen molar-refractivity contribution in [1.29, 1.82) is 0 Å². The Morgan fingerprint density at radius 3 is 1.41 bits per heavy atom. The predicted octanol–water partition coefficient (Wildman–Crippen LogP) is 3.93. The number of ether oxygens (including phenoxy) is 3. The van der Waals surface area contributed by atoms with Crippen LogP contribution in [0.3, 0.4) is 0 Å². The Labute approximate surface area is 185 Å². The Hall–Kier alpha value is 1.12. The van der Waals surface area contributed by atoms with E-state index in [0.717, 1.165) is 25.6 Å². The third kappa shape index (κ3) is 7.09. The lowest BCUT2D eigenvalue weighted by molar-refractivity contribution is 0.0205. The van der Waals surface area contributed by atoms with Crippen LogP contribution in [0, 0.1) is 0 Å². The van der Waals surface area contributed by atoms with E-state index in [1.807, 2.05) is 23.5 Å². The van der Waals surface area contributed by atoms with Gasteiger partial charge in [-0.1, -0.05) is 47.0 Å². The average Bonchev–Trinajstić information content (AvgIpc) is 3.28. The molecule has 0 amide bonds. The highest BCUT2D eigenvalue weighted by atomic mass is 32.3. The van der Waals surface area contributed by atoms with Crippen molar-refractivity contribution in [1.82, 2.24) is 0 Å². The average molecular weight is 487 g/mol. The molecule has 0 bridgehead atoms. The maximum Gasteiger partial charge on any atom is 0.0753 e. The lowest BCUT2D eigenvalue weighted by Crippen LogP contribution is -2.11. The highest BCUT2D eigenvalue weighted by molar-refractivity contribution is 8.42. The Morgan fingerprint density at radius 1 is 0.556 bits per heavy atom. The summed E-state index contributed by atoms with van der Waals surface area (Å²) in [7, 11) is 0. The molecule has 0 saturated carbocycles. The summed E-state index contributed by atoms with van der Waals surface area (Å²) in [6, 6.07) is 0. The Bertz CT molecular complexity index is 560. The summed E-state index contributed by atoms with van der Waals surface area (Å²) in [6.07, 6.45) is 0. The van der Waals surface area contributed by atoms with Crippen LogP contribution in [0.25, 0.3) is 0 Å². The minimum Gasteiger partial charge on any atom is -0.391 e.